The van der Waals surface area contributed by atoms with Gasteiger partial charge in [-0.1, -0.05) is 51.5 Å². The number of carbonyl (C=O) groups excluding carboxylic acids is 1. The van der Waals surface area contributed by atoms with Crippen molar-refractivity contribution in [1.82, 2.24) is 0 Å². The van der Waals surface area contributed by atoms with Gasteiger partial charge >= 0.3 is 13.6 Å². The van der Waals surface area contributed by atoms with E-state index >= 15 is 0 Å². The van der Waals surface area contributed by atoms with Gasteiger partial charge in [-0.3, -0.25) is 0 Å². The summed E-state index contributed by atoms with van der Waals surface area (Å²) in [5, 5.41) is 0. The van der Waals surface area contributed by atoms with E-state index in [0.717, 1.165) is 18.9 Å². The third-order valence-corrected chi connectivity index (χ3v) is 3.93. The van der Waals surface area contributed by atoms with Crippen LogP contribution in [0.1, 0.15) is 58.8 Å². The van der Waals surface area contributed by atoms with Crippen molar-refractivity contribution < 1.29 is 18.8 Å². The van der Waals surface area contributed by atoms with E-state index < -0.39 is 13.6 Å². The Hall–Kier alpha value is -0.600. The summed E-state index contributed by atoms with van der Waals surface area (Å²) < 4.78 is 16.0. The minimum absolute atomic E-state index is 0.0596. The number of allylic oxidation sites excluding steroid dienone is 1. The SMILES string of the molecule is CC=CC(=O)OP(=O)(O)CCCCCCCCC. The van der Waals surface area contributed by atoms with Crippen molar-refractivity contribution >= 4 is 13.6 Å². The Labute approximate surface area is 110 Å². The van der Waals surface area contributed by atoms with Crippen LogP contribution in [0.5, 0.6) is 0 Å². The molecular formula is C13H25O4P. The second-order valence-corrected chi connectivity index (χ2v) is 6.30. The molecule has 0 bridgehead atoms. The first-order valence-corrected chi connectivity index (χ1v) is 8.46. The van der Waals surface area contributed by atoms with Crippen LogP contribution in [0.4, 0.5) is 0 Å². The first-order chi connectivity index (χ1) is 8.52. The minimum Gasteiger partial charge on any atom is -0.388 e. The van der Waals surface area contributed by atoms with Crippen LogP contribution >= 0.6 is 7.60 Å². The largest absolute Gasteiger partial charge is 0.388 e. The summed E-state index contributed by atoms with van der Waals surface area (Å²) in [5.41, 5.74) is 0. The van der Waals surface area contributed by atoms with Gasteiger partial charge in [-0.05, 0) is 13.3 Å². The van der Waals surface area contributed by atoms with Gasteiger partial charge in [0.1, 0.15) is 0 Å². The summed E-state index contributed by atoms with van der Waals surface area (Å²) in [4.78, 5) is 20.5. The van der Waals surface area contributed by atoms with Crippen LogP contribution in [0.2, 0.25) is 0 Å². The lowest BCUT2D eigenvalue weighted by Gasteiger charge is -2.10. The van der Waals surface area contributed by atoms with E-state index in [9.17, 15) is 14.3 Å². The van der Waals surface area contributed by atoms with Crippen molar-refractivity contribution in [2.24, 2.45) is 0 Å². The van der Waals surface area contributed by atoms with Crippen molar-refractivity contribution in [3.8, 4) is 0 Å². The molecule has 18 heavy (non-hydrogen) atoms. The average molecular weight is 276 g/mol. The second-order valence-electron chi connectivity index (χ2n) is 4.39. The van der Waals surface area contributed by atoms with E-state index in [1.165, 1.54) is 31.8 Å². The Morgan fingerprint density at radius 3 is 2.28 bits per heavy atom. The predicted molar refractivity (Wildman–Crippen MR) is 73.6 cm³/mol. The fourth-order valence-corrected chi connectivity index (χ4v) is 2.68. The molecule has 0 amide bonds. The number of hydrogen-bond acceptors (Lipinski definition) is 3. The van der Waals surface area contributed by atoms with E-state index in [-0.39, 0.29) is 6.16 Å². The molecule has 0 aromatic carbocycles. The quantitative estimate of drug-likeness (QED) is 0.371. The summed E-state index contributed by atoms with van der Waals surface area (Å²) in [7, 11) is -3.74. The molecular weight excluding hydrogens is 251 g/mol. The number of hydrogen-bond donors (Lipinski definition) is 1. The molecule has 4 nitrogen and oxygen atoms in total. The van der Waals surface area contributed by atoms with Gasteiger partial charge in [-0.2, -0.15) is 0 Å². The van der Waals surface area contributed by atoms with E-state index in [0.29, 0.717) is 6.42 Å². The van der Waals surface area contributed by atoms with Gasteiger partial charge in [0.15, 0.2) is 0 Å². The Morgan fingerprint density at radius 1 is 1.17 bits per heavy atom. The maximum absolute atomic E-state index is 11.5. The molecule has 0 aliphatic heterocycles. The molecule has 0 rings (SSSR count). The van der Waals surface area contributed by atoms with E-state index in [1.807, 2.05) is 0 Å². The fraction of sp³-hybridized carbons (Fsp3) is 0.769. The molecule has 0 fully saturated rings. The van der Waals surface area contributed by atoms with Crippen LogP contribution in [0, 0.1) is 0 Å². The van der Waals surface area contributed by atoms with Crippen molar-refractivity contribution in [3.63, 3.8) is 0 Å². The summed E-state index contributed by atoms with van der Waals surface area (Å²) in [6.45, 7) is 3.82. The van der Waals surface area contributed by atoms with Crippen LogP contribution in [0.3, 0.4) is 0 Å². The van der Waals surface area contributed by atoms with Gasteiger partial charge in [0.25, 0.3) is 0 Å². The molecule has 0 aliphatic rings. The lowest BCUT2D eigenvalue weighted by atomic mass is 10.1. The molecule has 1 atom stereocenters. The van der Waals surface area contributed by atoms with Gasteiger partial charge in [0.05, 0.1) is 6.16 Å². The number of carbonyl (C=O) groups is 1. The van der Waals surface area contributed by atoms with Gasteiger partial charge in [0.2, 0.25) is 0 Å². The van der Waals surface area contributed by atoms with Crippen LogP contribution in [-0.2, 0) is 13.9 Å². The molecule has 0 radical (unpaired) electrons. The Bertz CT molecular complexity index is 299. The van der Waals surface area contributed by atoms with Crippen LogP contribution < -0.4 is 0 Å². The number of unbranched alkanes of at least 4 members (excludes halogenated alkanes) is 6. The fourth-order valence-electron chi connectivity index (χ4n) is 1.62. The summed E-state index contributed by atoms with van der Waals surface area (Å²) in [5.74, 6) is -0.744. The van der Waals surface area contributed by atoms with Crippen molar-refractivity contribution in [3.05, 3.63) is 12.2 Å². The zero-order valence-electron chi connectivity index (χ0n) is 11.4. The van der Waals surface area contributed by atoms with Crippen molar-refractivity contribution in [2.75, 3.05) is 6.16 Å². The smallest absolute Gasteiger partial charge is 0.378 e. The van der Waals surface area contributed by atoms with E-state index in [4.69, 9.17) is 0 Å². The van der Waals surface area contributed by atoms with Crippen molar-refractivity contribution in [2.45, 2.75) is 58.8 Å². The summed E-state index contributed by atoms with van der Waals surface area (Å²) in [6, 6.07) is 0. The zero-order chi connectivity index (χ0) is 13.9. The van der Waals surface area contributed by atoms with E-state index in [2.05, 4.69) is 11.4 Å². The molecule has 0 aliphatic carbocycles. The second kappa shape index (κ2) is 10.3. The van der Waals surface area contributed by atoms with Gasteiger partial charge in [-0.25, -0.2) is 9.36 Å². The molecule has 5 heteroatoms. The highest BCUT2D eigenvalue weighted by Crippen LogP contribution is 2.43. The maximum atomic E-state index is 11.5. The molecule has 0 heterocycles. The minimum atomic E-state index is -3.74. The van der Waals surface area contributed by atoms with Gasteiger partial charge in [-0.15, -0.1) is 0 Å². The normalized spacial score (nSPS) is 14.6. The van der Waals surface area contributed by atoms with E-state index in [1.54, 1.807) is 6.92 Å². The zero-order valence-corrected chi connectivity index (χ0v) is 12.3. The average Bonchev–Trinajstić information content (AvgIpc) is 2.27. The van der Waals surface area contributed by atoms with Crippen molar-refractivity contribution in [1.29, 1.82) is 0 Å². The Balaban J connectivity index is 3.64. The van der Waals surface area contributed by atoms with Crippen LogP contribution in [0.25, 0.3) is 0 Å². The van der Waals surface area contributed by atoms with Crippen LogP contribution in [0.15, 0.2) is 12.2 Å². The third-order valence-electron chi connectivity index (χ3n) is 2.58. The predicted octanol–water partition coefficient (Wildman–Crippen LogP) is 4.04. The molecule has 0 saturated carbocycles. The lowest BCUT2D eigenvalue weighted by molar-refractivity contribution is -0.129. The summed E-state index contributed by atoms with van der Waals surface area (Å²) in [6.07, 6.45) is 10.2. The van der Waals surface area contributed by atoms with Crippen LogP contribution in [-0.4, -0.2) is 17.0 Å². The molecule has 106 valence electrons. The van der Waals surface area contributed by atoms with Gasteiger partial charge < -0.3 is 9.42 Å². The highest BCUT2D eigenvalue weighted by atomic mass is 31.2. The highest BCUT2D eigenvalue weighted by molar-refractivity contribution is 7.53. The molecule has 1 N–H and O–H groups in total. The third kappa shape index (κ3) is 10.5. The first kappa shape index (κ1) is 17.4. The Morgan fingerprint density at radius 2 is 1.72 bits per heavy atom. The number of rotatable bonds is 10. The van der Waals surface area contributed by atoms with Gasteiger partial charge in [0, 0.05) is 6.08 Å². The molecule has 0 spiro atoms. The molecule has 1 unspecified atom stereocenters. The highest BCUT2D eigenvalue weighted by Gasteiger charge is 2.21. The standard InChI is InChI=1S/C13H25O4P/c1-3-5-6-7-8-9-10-12-18(15,16)17-13(14)11-4-2/h4,11H,3,5-10,12H2,1-2H3,(H,15,16). The molecule has 0 aromatic heterocycles. The molecule has 0 saturated heterocycles. The Kier molecular flexibility index (Phi) is 9.99. The lowest BCUT2D eigenvalue weighted by Crippen LogP contribution is -2.01. The topological polar surface area (TPSA) is 63.6 Å². The summed E-state index contributed by atoms with van der Waals surface area (Å²) >= 11 is 0. The first-order valence-electron chi connectivity index (χ1n) is 6.70. The monoisotopic (exact) mass is 276 g/mol. The molecule has 0 aromatic rings. The maximum Gasteiger partial charge on any atom is 0.378 e.